The second-order valence-corrected chi connectivity index (χ2v) is 8.91. The van der Waals surface area contributed by atoms with Gasteiger partial charge in [-0.25, -0.2) is 4.99 Å². The molecule has 0 spiro atoms. The minimum atomic E-state index is 0.475. The summed E-state index contributed by atoms with van der Waals surface area (Å²) in [5.74, 6) is 5.15. The Labute approximate surface area is 186 Å². The molecule has 1 aliphatic carbocycles. The fraction of sp³-hybridized carbons (Fsp3) is 0.625. The third kappa shape index (κ3) is 6.71. The number of methoxy groups -OCH3 is 1. The van der Waals surface area contributed by atoms with Gasteiger partial charge in [0.05, 0.1) is 7.11 Å². The number of aryl methyl sites for hydroxylation is 1. The van der Waals surface area contributed by atoms with E-state index in [1.807, 2.05) is 30.7 Å². The SMILES string of the molecule is COc1ccc(CCNC(=NCc2nnc(C)n2C)NC2CCC(C(C)C)CC2)cc1. The number of nitrogens with zero attached hydrogens (tertiary/aromatic N) is 4. The van der Waals surface area contributed by atoms with Crippen molar-refractivity contribution in [3.05, 3.63) is 41.5 Å². The number of nitrogens with one attached hydrogen (secondary N) is 2. The fourth-order valence-electron chi connectivity index (χ4n) is 4.13. The minimum absolute atomic E-state index is 0.475. The smallest absolute Gasteiger partial charge is 0.191 e. The maximum Gasteiger partial charge on any atom is 0.191 e. The molecule has 7 nitrogen and oxygen atoms in total. The highest BCUT2D eigenvalue weighted by Crippen LogP contribution is 2.29. The highest BCUT2D eigenvalue weighted by atomic mass is 16.5. The summed E-state index contributed by atoms with van der Waals surface area (Å²) in [6, 6.07) is 8.71. The molecule has 0 bridgehead atoms. The van der Waals surface area contributed by atoms with Crippen LogP contribution in [-0.2, 0) is 20.0 Å². The summed E-state index contributed by atoms with van der Waals surface area (Å²) >= 11 is 0. The van der Waals surface area contributed by atoms with Crippen LogP contribution in [0.25, 0.3) is 0 Å². The molecule has 0 amide bonds. The van der Waals surface area contributed by atoms with Crippen molar-refractivity contribution in [2.75, 3.05) is 13.7 Å². The zero-order chi connectivity index (χ0) is 22.2. The van der Waals surface area contributed by atoms with Gasteiger partial charge >= 0.3 is 0 Å². The van der Waals surface area contributed by atoms with Crippen LogP contribution in [0.3, 0.4) is 0 Å². The first-order valence-electron chi connectivity index (χ1n) is 11.5. The molecule has 0 aliphatic heterocycles. The molecule has 2 N–H and O–H groups in total. The maximum absolute atomic E-state index is 5.25. The molecule has 1 heterocycles. The Balaban J connectivity index is 1.59. The quantitative estimate of drug-likeness (QED) is 0.498. The topological polar surface area (TPSA) is 76.4 Å². The zero-order valence-corrected chi connectivity index (χ0v) is 19.7. The summed E-state index contributed by atoms with van der Waals surface area (Å²) in [7, 11) is 3.68. The Kier molecular flexibility index (Phi) is 8.32. The first-order chi connectivity index (χ1) is 15.0. The van der Waals surface area contributed by atoms with Crippen molar-refractivity contribution in [2.24, 2.45) is 23.9 Å². The second-order valence-electron chi connectivity index (χ2n) is 8.91. The van der Waals surface area contributed by atoms with E-state index >= 15 is 0 Å². The molecular formula is C24H38N6O. The Morgan fingerprint density at radius 2 is 1.87 bits per heavy atom. The normalized spacial score (nSPS) is 19.5. The number of aromatic nitrogens is 3. The van der Waals surface area contributed by atoms with Crippen molar-refractivity contribution in [3.8, 4) is 5.75 Å². The molecule has 0 radical (unpaired) electrons. The van der Waals surface area contributed by atoms with Crippen LogP contribution in [0.5, 0.6) is 5.75 Å². The molecule has 1 aliphatic rings. The minimum Gasteiger partial charge on any atom is -0.497 e. The van der Waals surface area contributed by atoms with E-state index in [9.17, 15) is 0 Å². The lowest BCUT2D eigenvalue weighted by Gasteiger charge is -2.32. The number of benzene rings is 1. The van der Waals surface area contributed by atoms with Gasteiger partial charge in [0.15, 0.2) is 11.8 Å². The predicted molar refractivity (Wildman–Crippen MR) is 125 cm³/mol. The van der Waals surface area contributed by atoms with Gasteiger partial charge in [0, 0.05) is 19.6 Å². The van der Waals surface area contributed by atoms with Crippen molar-refractivity contribution in [1.29, 1.82) is 0 Å². The van der Waals surface area contributed by atoms with Crippen LogP contribution in [-0.4, -0.2) is 40.4 Å². The van der Waals surface area contributed by atoms with Crippen LogP contribution < -0.4 is 15.4 Å². The van der Waals surface area contributed by atoms with Gasteiger partial charge in [-0.3, -0.25) is 0 Å². The van der Waals surface area contributed by atoms with Crippen molar-refractivity contribution in [1.82, 2.24) is 25.4 Å². The molecule has 1 aromatic heterocycles. The molecule has 1 aromatic carbocycles. The molecule has 2 aromatic rings. The molecule has 170 valence electrons. The van der Waals surface area contributed by atoms with Crippen LogP contribution >= 0.6 is 0 Å². The van der Waals surface area contributed by atoms with Crippen molar-refractivity contribution in [3.63, 3.8) is 0 Å². The average molecular weight is 427 g/mol. The number of guanidine groups is 1. The molecule has 1 saturated carbocycles. The van der Waals surface area contributed by atoms with Gasteiger partial charge in [-0.2, -0.15) is 0 Å². The van der Waals surface area contributed by atoms with Crippen molar-refractivity contribution >= 4 is 5.96 Å². The second kappa shape index (κ2) is 11.2. The third-order valence-electron chi connectivity index (χ3n) is 6.48. The van der Waals surface area contributed by atoms with E-state index in [-0.39, 0.29) is 0 Å². The van der Waals surface area contributed by atoms with E-state index in [1.165, 1.54) is 31.2 Å². The molecule has 31 heavy (non-hydrogen) atoms. The molecule has 0 saturated heterocycles. The van der Waals surface area contributed by atoms with Gasteiger partial charge in [-0.15, -0.1) is 10.2 Å². The lowest BCUT2D eigenvalue weighted by molar-refractivity contribution is 0.250. The number of rotatable bonds is 8. The van der Waals surface area contributed by atoms with Crippen molar-refractivity contribution in [2.45, 2.75) is 65.5 Å². The van der Waals surface area contributed by atoms with Gasteiger partial charge in [0.2, 0.25) is 0 Å². The van der Waals surface area contributed by atoms with E-state index in [0.29, 0.717) is 12.6 Å². The van der Waals surface area contributed by atoms with Gasteiger partial charge in [0.25, 0.3) is 0 Å². The van der Waals surface area contributed by atoms with Gasteiger partial charge < -0.3 is 19.9 Å². The monoisotopic (exact) mass is 426 g/mol. The van der Waals surface area contributed by atoms with Gasteiger partial charge in [0.1, 0.15) is 18.1 Å². The van der Waals surface area contributed by atoms with E-state index in [4.69, 9.17) is 9.73 Å². The summed E-state index contributed by atoms with van der Waals surface area (Å²) in [5, 5.41) is 15.6. The summed E-state index contributed by atoms with van der Waals surface area (Å²) in [6.45, 7) is 7.97. The molecule has 3 rings (SSSR count). The highest BCUT2D eigenvalue weighted by Gasteiger charge is 2.23. The third-order valence-corrected chi connectivity index (χ3v) is 6.48. The Hall–Kier alpha value is -2.57. The average Bonchev–Trinajstić information content (AvgIpc) is 3.10. The van der Waals surface area contributed by atoms with Crippen LogP contribution in [0.15, 0.2) is 29.3 Å². The first kappa shape index (κ1) is 23.1. The van der Waals surface area contributed by atoms with Crippen molar-refractivity contribution < 1.29 is 4.74 Å². The predicted octanol–water partition coefficient (Wildman–Crippen LogP) is 3.62. The standard InChI is InChI=1S/C24H38N6O/c1-17(2)20-8-10-21(11-9-20)27-24(26-16-23-29-28-18(3)30(23)4)25-15-14-19-6-12-22(31-5)13-7-19/h6-7,12-13,17,20-21H,8-11,14-16H2,1-5H3,(H2,25,26,27). The lowest BCUT2D eigenvalue weighted by Crippen LogP contribution is -2.45. The van der Waals surface area contributed by atoms with Gasteiger partial charge in [-0.05, 0) is 68.6 Å². The van der Waals surface area contributed by atoms with Crippen LogP contribution in [0, 0.1) is 18.8 Å². The molecule has 7 heteroatoms. The number of aliphatic imine (C=N–C) groups is 1. The first-order valence-corrected chi connectivity index (χ1v) is 11.5. The van der Waals surface area contributed by atoms with Crippen LogP contribution in [0.2, 0.25) is 0 Å². The Morgan fingerprint density at radius 1 is 1.16 bits per heavy atom. The molecular weight excluding hydrogens is 388 g/mol. The number of hydrogen-bond donors (Lipinski definition) is 2. The number of ether oxygens (including phenoxy) is 1. The lowest BCUT2D eigenvalue weighted by atomic mass is 9.80. The fourth-order valence-corrected chi connectivity index (χ4v) is 4.13. The van der Waals surface area contributed by atoms with Crippen LogP contribution in [0.4, 0.5) is 0 Å². The zero-order valence-electron chi connectivity index (χ0n) is 19.7. The number of hydrogen-bond acceptors (Lipinski definition) is 4. The maximum atomic E-state index is 5.25. The summed E-state index contributed by atoms with van der Waals surface area (Å²) in [5.41, 5.74) is 1.27. The van der Waals surface area contributed by atoms with Crippen LogP contribution in [0.1, 0.15) is 56.7 Å². The van der Waals surface area contributed by atoms with E-state index in [0.717, 1.165) is 48.2 Å². The molecule has 0 atom stereocenters. The molecule has 0 unspecified atom stereocenters. The largest absolute Gasteiger partial charge is 0.497 e. The Morgan fingerprint density at radius 3 is 2.45 bits per heavy atom. The summed E-state index contributed by atoms with van der Waals surface area (Å²) in [4.78, 5) is 4.83. The van der Waals surface area contributed by atoms with E-state index in [2.05, 4.69) is 46.8 Å². The van der Waals surface area contributed by atoms with E-state index < -0.39 is 0 Å². The Bertz CT molecular complexity index is 834. The summed E-state index contributed by atoms with van der Waals surface area (Å²) in [6.07, 6.45) is 5.90. The summed E-state index contributed by atoms with van der Waals surface area (Å²) < 4.78 is 7.24. The van der Waals surface area contributed by atoms with Gasteiger partial charge in [-0.1, -0.05) is 26.0 Å². The highest BCUT2D eigenvalue weighted by molar-refractivity contribution is 5.80. The molecule has 1 fully saturated rings. The van der Waals surface area contributed by atoms with E-state index in [1.54, 1.807) is 7.11 Å².